The zero-order valence-electron chi connectivity index (χ0n) is 15.0. The molecule has 1 atom stereocenters. The number of likely N-dealkylation sites (tertiary alicyclic amines) is 1. The smallest absolute Gasteiger partial charge is 0.259 e. The van der Waals surface area contributed by atoms with Crippen molar-refractivity contribution < 1.29 is 9.32 Å². The number of carbonyl (C=O) groups excluding carboxylic acids is 1. The van der Waals surface area contributed by atoms with Crippen molar-refractivity contribution in [3.8, 4) is 0 Å². The van der Waals surface area contributed by atoms with Crippen molar-refractivity contribution in [1.29, 1.82) is 0 Å². The number of hydrogen-bond donors (Lipinski definition) is 0. The number of pyridine rings is 1. The monoisotopic (exact) mass is 328 g/mol. The molecule has 1 amide bonds. The van der Waals surface area contributed by atoms with Gasteiger partial charge in [-0.2, -0.15) is 0 Å². The fourth-order valence-electron chi connectivity index (χ4n) is 3.28. The molecule has 0 unspecified atom stereocenters. The van der Waals surface area contributed by atoms with Crippen molar-refractivity contribution in [2.45, 2.75) is 33.1 Å². The number of hydrogen-bond acceptors (Lipinski definition) is 5. The van der Waals surface area contributed by atoms with Crippen LogP contribution in [0.15, 0.2) is 16.7 Å². The standard InChI is InChI=1S/C18H24N4O2/c1-11-8-15(21(4)5)9-16(19-11)14-6-7-22(10-14)18(23)17-12(2)20-24-13(17)3/h8-9,14H,6-7,10H2,1-5H3/t14-/m1/s1. The molecule has 24 heavy (non-hydrogen) atoms. The van der Waals surface area contributed by atoms with E-state index in [2.05, 4.69) is 22.2 Å². The number of amides is 1. The molecule has 1 fully saturated rings. The molecule has 0 radical (unpaired) electrons. The molecule has 3 heterocycles. The van der Waals surface area contributed by atoms with E-state index in [0.717, 1.165) is 30.0 Å². The summed E-state index contributed by atoms with van der Waals surface area (Å²) in [7, 11) is 4.06. The molecule has 0 N–H and O–H groups in total. The molecule has 0 saturated carbocycles. The normalized spacial score (nSPS) is 17.4. The molecule has 128 valence electrons. The van der Waals surface area contributed by atoms with Gasteiger partial charge in [-0.05, 0) is 39.3 Å². The number of carbonyl (C=O) groups is 1. The van der Waals surface area contributed by atoms with Crippen LogP contribution in [0.1, 0.15) is 45.5 Å². The van der Waals surface area contributed by atoms with E-state index in [9.17, 15) is 4.79 Å². The zero-order chi connectivity index (χ0) is 17.4. The van der Waals surface area contributed by atoms with Crippen LogP contribution in [0.4, 0.5) is 5.69 Å². The van der Waals surface area contributed by atoms with Crippen molar-refractivity contribution in [3.63, 3.8) is 0 Å². The maximum Gasteiger partial charge on any atom is 0.259 e. The molecule has 0 spiro atoms. The van der Waals surface area contributed by atoms with Gasteiger partial charge in [-0.15, -0.1) is 0 Å². The molecule has 3 rings (SSSR count). The molecule has 2 aromatic rings. The van der Waals surface area contributed by atoms with Crippen LogP contribution < -0.4 is 4.90 Å². The fourth-order valence-corrected chi connectivity index (χ4v) is 3.28. The predicted octanol–water partition coefficient (Wildman–Crippen LogP) is 2.69. The predicted molar refractivity (Wildman–Crippen MR) is 92.5 cm³/mol. The summed E-state index contributed by atoms with van der Waals surface area (Å²) in [4.78, 5) is 21.4. The lowest BCUT2D eigenvalue weighted by atomic mass is 10.0. The SMILES string of the molecule is Cc1cc(N(C)C)cc([C@@H]2CCN(C(=O)c3c(C)noc3C)C2)n1. The van der Waals surface area contributed by atoms with Gasteiger partial charge in [0.25, 0.3) is 5.91 Å². The lowest BCUT2D eigenvalue weighted by molar-refractivity contribution is 0.0788. The summed E-state index contributed by atoms with van der Waals surface area (Å²) < 4.78 is 5.13. The van der Waals surface area contributed by atoms with Gasteiger partial charge in [0.2, 0.25) is 0 Å². The average molecular weight is 328 g/mol. The number of aryl methyl sites for hydroxylation is 3. The first-order chi connectivity index (χ1) is 11.4. The van der Waals surface area contributed by atoms with Crippen LogP contribution in [0.25, 0.3) is 0 Å². The summed E-state index contributed by atoms with van der Waals surface area (Å²) in [5, 5.41) is 3.89. The summed E-state index contributed by atoms with van der Waals surface area (Å²) in [6.45, 7) is 7.03. The van der Waals surface area contributed by atoms with Gasteiger partial charge in [0, 0.05) is 50.2 Å². The van der Waals surface area contributed by atoms with E-state index < -0.39 is 0 Å². The maximum atomic E-state index is 12.8. The molecular formula is C18H24N4O2. The van der Waals surface area contributed by atoms with Gasteiger partial charge in [0.15, 0.2) is 0 Å². The fraction of sp³-hybridized carbons (Fsp3) is 0.500. The van der Waals surface area contributed by atoms with Gasteiger partial charge in [-0.1, -0.05) is 5.16 Å². The summed E-state index contributed by atoms with van der Waals surface area (Å²) >= 11 is 0. The Morgan fingerprint density at radius 3 is 2.67 bits per heavy atom. The summed E-state index contributed by atoms with van der Waals surface area (Å²) in [5.74, 6) is 0.867. The highest BCUT2D eigenvalue weighted by molar-refractivity contribution is 5.96. The Bertz CT molecular complexity index is 747. The van der Waals surface area contributed by atoms with E-state index in [1.165, 1.54) is 0 Å². The van der Waals surface area contributed by atoms with E-state index >= 15 is 0 Å². The Labute approximate surface area is 142 Å². The van der Waals surface area contributed by atoms with Crippen molar-refractivity contribution >= 4 is 11.6 Å². The highest BCUT2D eigenvalue weighted by Gasteiger charge is 2.31. The summed E-state index contributed by atoms with van der Waals surface area (Å²) in [6.07, 6.45) is 0.929. The second-order valence-corrected chi connectivity index (χ2v) is 6.72. The van der Waals surface area contributed by atoms with E-state index in [1.54, 1.807) is 6.92 Å². The quantitative estimate of drug-likeness (QED) is 0.867. The molecule has 6 heteroatoms. The van der Waals surface area contributed by atoms with Crippen molar-refractivity contribution in [1.82, 2.24) is 15.0 Å². The van der Waals surface area contributed by atoms with Crippen LogP contribution in [0.5, 0.6) is 0 Å². The minimum Gasteiger partial charge on any atom is -0.378 e. The Hall–Kier alpha value is -2.37. The summed E-state index contributed by atoms with van der Waals surface area (Å²) in [5.41, 5.74) is 4.47. The van der Waals surface area contributed by atoms with E-state index in [0.29, 0.717) is 23.6 Å². The van der Waals surface area contributed by atoms with Crippen molar-refractivity contribution in [2.75, 3.05) is 32.1 Å². The molecule has 1 aliphatic rings. The van der Waals surface area contributed by atoms with E-state index in [1.807, 2.05) is 32.8 Å². The number of nitrogens with zero attached hydrogens (tertiary/aromatic N) is 4. The Morgan fingerprint density at radius 2 is 2.04 bits per heavy atom. The van der Waals surface area contributed by atoms with Gasteiger partial charge in [0.05, 0.1) is 5.69 Å². The molecule has 0 bridgehead atoms. The molecule has 0 aromatic carbocycles. The van der Waals surface area contributed by atoms with Crippen molar-refractivity contribution in [2.24, 2.45) is 0 Å². The number of rotatable bonds is 3. The van der Waals surface area contributed by atoms with Crippen LogP contribution in [0, 0.1) is 20.8 Å². The Kier molecular flexibility index (Phi) is 4.30. The molecule has 1 saturated heterocycles. The second kappa shape index (κ2) is 6.26. The maximum absolute atomic E-state index is 12.8. The van der Waals surface area contributed by atoms with Gasteiger partial charge in [-0.3, -0.25) is 9.78 Å². The third-order valence-corrected chi connectivity index (χ3v) is 4.62. The molecule has 1 aliphatic heterocycles. The first-order valence-corrected chi connectivity index (χ1v) is 8.25. The van der Waals surface area contributed by atoms with E-state index in [4.69, 9.17) is 9.51 Å². The van der Waals surface area contributed by atoms with E-state index in [-0.39, 0.29) is 11.8 Å². The minimum atomic E-state index is 0.00855. The highest BCUT2D eigenvalue weighted by Crippen LogP contribution is 2.30. The van der Waals surface area contributed by atoms with Crippen LogP contribution in [0.3, 0.4) is 0 Å². The topological polar surface area (TPSA) is 62.5 Å². The van der Waals surface area contributed by atoms with Crippen molar-refractivity contribution in [3.05, 3.63) is 40.5 Å². The van der Waals surface area contributed by atoms with Gasteiger partial charge in [-0.25, -0.2) is 0 Å². The lowest BCUT2D eigenvalue weighted by Crippen LogP contribution is -2.29. The third-order valence-electron chi connectivity index (χ3n) is 4.62. The average Bonchev–Trinajstić information content (AvgIpc) is 3.13. The number of anilines is 1. The van der Waals surface area contributed by atoms with Gasteiger partial charge >= 0.3 is 0 Å². The third kappa shape index (κ3) is 3.00. The largest absolute Gasteiger partial charge is 0.378 e. The lowest BCUT2D eigenvalue weighted by Gasteiger charge is -2.18. The Balaban J connectivity index is 1.80. The van der Waals surface area contributed by atoms with Crippen LogP contribution in [0.2, 0.25) is 0 Å². The highest BCUT2D eigenvalue weighted by atomic mass is 16.5. The Morgan fingerprint density at radius 1 is 1.29 bits per heavy atom. The van der Waals surface area contributed by atoms with Gasteiger partial charge in [0.1, 0.15) is 11.3 Å². The van der Waals surface area contributed by atoms with Gasteiger partial charge < -0.3 is 14.3 Å². The minimum absolute atomic E-state index is 0.00855. The first-order valence-electron chi connectivity index (χ1n) is 8.25. The van der Waals surface area contributed by atoms with Crippen LogP contribution in [-0.4, -0.2) is 48.1 Å². The second-order valence-electron chi connectivity index (χ2n) is 6.72. The molecule has 0 aliphatic carbocycles. The first kappa shape index (κ1) is 16.5. The van der Waals surface area contributed by atoms with Crippen LogP contribution >= 0.6 is 0 Å². The summed E-state index contributed by atoms with van der Waals surface area (Å²) in [6, 6.07) is 4.20. The number of aromatic nitrogens is 2. The molecule has 2 aromatic heterocycles. The zero-order valence-corrected chi connectivity index (χ0v) is 15.0. The van der Waals surface area contributed by atoms with Crippen LogP contribution in [-0.2, 0) is 0 Å². The molecule has 6 nitrogen and oxygen atoms in total. The molecular weight excluding hydrogens is 304 g/mol.